The van der Waals surface area contributed by atoms with Gasteiger partial charge in [0.05, 0.1) is 12.4 Å². The Morgan fingerprint density at radius 3 is 2.10 bits per heavy atom. The van der Waals surface area contributed by atoms with E-state index >= 15 is 0 Å². The molecule has 4 nitrogen and oxygen atoms in total. The summed E-state index contributed by atoms with van der Waals surface area (Å²) in [6.45, 7) is 2.06. The van der Waals surface area contributed by atoms with E-state index in [1.807, 2.05) is 91.3 Å². The van der Waals surface area contributed by atoms with Crippen LogP contribution in [-0.2, 0) is 15.3 Å². The maximum absolute atomic E-state index is 12.9. The number of benzene rings is 2. The van der Waals surface area contributed by atoms with E-state index < -0.39 is 5.97 Å². The van der Waals surface area contributed by atoms with Crippen LogP contribution in [0, 0.1) is 0 Å². The first kappa shape index (κ1) is 22.8. The Hall–Kier alpha value is -2.83. The molecule has 0 aliphatic heterocycles. The van der Waals surface area contributed by atoms with Crippen LogP contribution in [-0.4, -0.2) is 24.1 Å². The lowest BCUT2D eigenvalue weighted by Gasteiger charge is -2.10. The second-order valence-corrected chi connectivity index (χ2v) is 8.72. The zero-order chi connectivity index (χ0) is 21.9. The van der Waals surface area contributed by atoms with Gasteiger partial charge in [-0.05, 0) is 12.5 Å². The lowest BCUT2D eigenvalue weighted by Crippen LogP contribution is -2.37. The average molecular weight is 451 g/mol. The van der Waals surface area contributed by atoms with Crippen molar-refractivity contribution in [1.29, 1.82) is 0 Å². The zero-order valence-corrected chi connectivity index (χ0v) is 18.9. The van der Waals surface area contributed by atoms with Crippen LogP contribution in [0.5, 0.6) is 0 Å². The number of nitrogens with zero attached hydrogens (tertiary/aromatic N) is 1. The average Bonchev–Trinajstić information content (AvgIpc) is 2.82. The minimum absolute atomic E-state index is 0.0182. The molecule has 0 aliphatic rings. The standard InChI is InChI=1S/C25H24NO3S2/c1-2-29-24(28)23(26-16-10-5-11-17-26)25(30-18-20-12-6-3-7-13-20)31-19-22(27)21-14-8-4-9-15-21/h3-17H,2,18-19H2,1H3/q+1/b25-23-. The van der Waals surface area contributed by atoms with Gasteiger partial charge in [-0.15, -0.1) is 23.5 Å². The van der Waals surface area contributed by atoms with Gasteiger partial charge in [-0.25, -0.2) is 4.79 Å². The van der Waals surface area contributed by atoms with Crippen LogP contribution in [0.25, 0.3) is 5.70 Å². The molecule has 0 atom stereocenters. The Kier molecular flexibility index (Phi) is 8.94. The molecule has 0 fully saturated rings. The summed E-state index contributed by atoms with van der Waals surface area (Å²) in [6, 6.07) is 24.9. The maximum atomic E-state index is 12.9. The van der Waals surface area contributed by atoms with Gasteiger partial charge in [0, 0.05) is 23.4 Å². The lowest BCUT2D eigenvalue weighted by molar-refractivity contribution is -0.578. The number of pyridine rings is 1. The molecule has 1 aromatic heterocycles. The largest absolute Gasteiger partial charge is 0.458 e. The molecule has 0 aliphatic carbocycles. The molecule has 0 spiro atoms. The maximum Gasteiger partial charge on any atom is 0.405 e. The third-order valence-corrected chi connectivity index (χ3v) is 6.78. The second-order valence-electron chi connectivity index (χ2n) is 6.49. The summed E-state index contributed by atoms with van der Waals surface area (Å²) >= 11 is 2.91. The molecular weight excluding hydrogens is 426 g/mol. The zero-order valence-electron chi connectivity index (χ0n) is 17.3. The molecule has 1 heterocycles. The Bertz CT molecular complexity index is 1020. The molecular formula is C25H24NO3S2+. The fourth-order valence-corrected chi connectivity index (χ4v) is 5.04. The smallest absolute Gasteiger partial charge is 0.405 e. The number of aromatic nitrogens is 1. The number of hydrogen-bond acceptors (Lipinski definition) is 5. The lowest BCUT2D eigenvalue weighted by atomic mass is 10.2. The Morgan fingerprint density at radius 2 is 1.45 bits per heavy atom. The number of ether oxygens (including phenoxy) is 1. The number of esters is 1. The molecule has 0 radical (unpaired) electrons. The van der Waals surface area contributed by atoms with Crippen molar-refractivity contribution in [3.05, 3.63) is 107 Å². The monoisotopic (exact) mass is 450 g/mol. The first-order chi connectivity index (χ1) is 15.2. The summed E-state index contributed by atoms with van der Waals surface area (Å²) in [7, 11) is 0. The van der Waals surface area contributed by atoms with Crippen LogP contribution in [0.15, 0.2) is 95.5 Å². The minimum Gasteiger partial charge on any atom is -0.458 e. The highest BCUT2D eigenvalue weighted by Gasteiger charge is 2.28. The van der Waals surface area contributed by atoms with Gasteiger partial charge >= 0.3 is 11.7 Å². The molecule has 0 saturated carbocycles. The topological polar surface area (TPSA) is 47.3 Å². The van der Waals surface area contributed by atoms with E-state index in [0.717, 1.165) is 9.80 Å². The van der Waals surface area contributed by atoms with Crippen molar-refractivity contribution in [2.45, 2.75) is 12.7 Å². The number of ketones is 1. The SMILES string of the molecule is CCOC(=O)/C(=C(/SCC(=O)c1ccccc1)SCc1ccccc1)[n+]1ccccc1. The second kappa shape index (κ2) is 12.1. The predicted octanol–water partition coefficient (Wildman–Crippen LogP) is 5.21. The fourth-order valence-electron chi connectivity index (χ4n) is 2.78. The van der Waals surface area contributed by atoms with Crippen molar-refractivity contribution in [3.8, 4) is 0 Å². The van der Waals surface area contributed by atoms with Crippen molar-refractivity contribution >= 4 is 41.0 Å². The summed E-state index contributed by atoms with van der Waals surface area (Å²) in [5, 5.41) is 0. The summed E-state index contributed by atoms with van der Waals surface area (Å²) in [5.74, 6) is 0.523. The minimum atomic E-state index is -0.408. The summed E-state index contributed by atoms with van der Waals surface area (Å²) in [5.41, 5.74) is 2.22. The van der Waals surface area contributed by atoms with Gasteiger partial charge in [-0.1, -0.05) is 66.7 Å². The first-order valence-electron chi connectivity index (χ1n) is 9.95. The van der Waals surface area contributed by atoms with Gasteiger partial charge in [0.2, 0.25) is 0 Å². The molecule has 0 saturated heterocycles. The third-order valence-electron chi connectivity index (χ3n) is 4.28. The van der Waals surface area contributed by atoms with Gasteiger partial charge in [0.1, 0.15) is 4.24 Å². The Morgan fingerprint density at radius 1 is 0.839 bits per heavy atom. The Labute approximate surface area is 191 Å². The van der Waals surface area contributed by atoms with Crippen LogP contribution in [0.4, 0.5) is 0 Å². The van der Waals surface area contributed by atoms with Crippen molar-refractivity contribution in [1.82, 2.24) is 0 Å². The third kappa shape index (κ3) is 6.84. The van der Waals surface area contributed by atoms with Crippen molar-refractivity contribution in [3.63, 3.8) is 0 Å². The van der Waals surface area contributed by atoms with Gasteiger partial charge in [0.25, 0.3) is 0 Å². The fraction of sp³-hybridized carbons (Fsp3) is 0.160. The quantitative estimate of drug-likeness (QED) is 0.184. The normalized spacial score (nSPS) is 11.5. The first-order valence-corrected chi connectivity index (χ1v) is 11.9. The van der Waals surface area contributed by atoms with Crippen LogP contribution in [0.2, 0.25) is 0 Å². The van der Waals surface area contributed by atoms with E-state index in [2.05, 4.69) is 0 Å². The highest BCUT2D eigenvalue weighted by atomic mass is 32.2. The van der Waals surface area contributed by atoms with Gasteiger partial charge in [-0.3, -0.25) is 4.79 Å². The van der Waals surface area contributed by atoms with E-state index in [4.69, 9.17) is 4.74 Å². The number of hydrogen-bond donors (Lipinski definition) is 0. The molecule has 0 unspecified atom stereocenters. The molecule has 158 valence electrons. The number of rotatable bonds is 10. The number of thioether (sulfide) groups is 2. The van der Waals surface area contributed by atoms with E-state index in [0.29, 0.717) is 17.0 Å². The van der Waals surface area contributed by atoms with Crippen LogP contribution in [0.1, 0.15) is 22.8 Å². The summed E-state index contributed by atoms with van der Waals surface area (Å²) in [4.78, 5) is 25.6. The van der Waals surface area contributed by atoms with E-state index in [1.54, 1.807) is 11.5 Å². The van der Waals surface area contributed by atoms with E-state index in [9.17, 15) is 9.59 Å². The molecule has 3 rings (SSSR count). The van der Waals surface area contributed by atoms with Crippen LogP contribution < -0.4 is 4.57 Å². The molecule has 0 amide bonds. The molecule has 31 heavy (non-hydrogen) atoms. The van der Waals surface area contributed by atoms with E-state index in [-0.39, 0.29) is 18.1 Å². The number of carbonyl (C=O) groups excluding carboxylic acids is 2. The van der Waals surface area contributed by atoms with Gasteiger partial charge < -0.3 is 4.74 Å². The van der Waals surface area contributed by atoms with Crippen LogP contribution >= 0.6 is 23.5 Å². The van der Waals surface area contributed by atoms with Crippen molar-refractivity contribution in [2.75, 3.05) is 12.4 Å². The highest BCUT2D eigenvalue weighted by Crippen LogP contribution is 2.35. The number of carbonyl (C=O) groups is 2. The summed E-state index contributed by atoms with van der Waals surface area (Å²) < 4.78 is 7.86. The molecule has 6 heteroatoms. The van der Waals surface area contributed by atoms with Gasteiger partial charge in [0.15, 0.2) is 18.2 Å². The molecule has 2 aromatic carbocycles. The van der Waals surface area contributed by atoms with Gasteiger partial charge in [-0.2, -0.15) is 4.57 Å². The number of Topliss-reactive ketones (excluding diaryl/α,β-unsaturated/α-hetero) is 1. The van der Waals surface area contributed by atoms with E-state index in [1.165, 1.54) is 23.5 Å². The molecule has 0 bridgehead atoms. The van der Waals surface area contributed by atoms with Crippen LogP contribution in [0.3, 0.4) is 0 Å². The molecule has 0 N–H and O–H groups in total. The highest BCUT2D eigenvalue weighted by molar-refractivity contribution is 8.22. The Balaban J connectivity index is 1.92. The van der Waals surface area contributed by atoms with Crippen molar-refractivity contribution in [2.24, 2.45) is 0 Å². The summed E-state index contributed by atoms with van der Waals surface area (Å²) in [6.07, 6.45) is 3.63. The predicted molar refractivity (Wildman–Crippen MR) is 127 cm³/mol. The molecule has 3 aromatic rings. The van der Waals surface area contributed by atoms with Crippen molar-refractivity contribution < 1.29 is 18.9 Å².